The number of nitro groups is 1. The number of benzene rings is 1. The van der Waals surface area contributed by atoms with Gasteiger partial charge in [-0.05, 0) is 35.9 Å². The molecule has 0 bridgehead atoms. The lowest BCUT2D eigenvalue weighted by molar-refractivity contribution is -0.384. The number of halogens is 2. The van der Waals surface area contributed by atoms with Crippen LogP contribution < -0.4 is 4.90 Å². The molecule has 1 saturated heterocycles. The van der Waals surface area contributed by atoms with E-state index in [-0.39, 0.29) is 21.5 Å². The van der Waals surface area contributed by atoms with Crippen molar-refractivity contribution in [1.82, 2.24) is 0 Å². The number of rotatable bonds is 2. The molecule has 2 rings (SSSR count). The van der Waals surface area contributed by atoms with Crippen LogP contribution in [0, 0.1) is 19.5 Å². The van der Waals surface area contributed by atoms with Gasteiger partial charge in [0.15, 0.2) is 0 Å². The smallest absolute Gasteiger partial charge is 0.293 e. The minimum atomic E-state index is -0.882. The normalized spacial score (nSPS) is 23.4. The van der Waals surface area contributed by atoms with E-state index in [1.807, 2.05) is 0 Å². The third-order valence-electron chi connectivity index (χ3n) is 3.01. The Balaban J connectivity index is 2.44. The summed E-state index contributed by atoms with van der Waals surface area (Å²) in [6.45, 7) is 2.42. The molecule has 0 spiro atoms. The third kappa shape index (κ3) is 2.56. The molecule has 1 aromatic rings. The highest BCUT2D eigenvalue weighted by Crippen LogP contribution is 2.35. The van der Waals surface area contributed by atoms with E-state index >= 15 is 0 Å². The molecule has 7 heteroatoms. The van der Waals surface area contributed by atoms with Crippen molar-refractivity contribution in [3.63, 3.8) is 0 Å². The molecule has 5 nitrogen and oxygen atoms in total. The van der Waals surface area contributed by atoms with E-state index in [4.69, 9.17) is 0 Å². The maximum atomic E-state index is 13.5. The average molecular weight is 366 g/mol. The van der Waals surface area contributed by atoms with Crippen LogP contribution in [0.3, 0.4) is 0 Å². The molecule has 0 aliphatic carbocycles. The Kier molecular flexibility index (Phi) is 3.45. The van der Waals surface area contributed by atoms with Crippen molar-refractivity contribution in [2.75, 3.05) is 18.0 Å². The fourth-order valence-electron chi connectivity index (χ4n) is 2.08. The van der Waals surface area contributed by atoms with E-state index in [0.29, 0.717) is 13.0 Å². The molecule has 1 aliphatic rings. The number of aliphatic hydroxyl groups is 1. The first kappa shape index (κ1) is 13.5. The molecule has 1 aromatic carbocycles. The minimum Gasteiger partial charge on any atom is -0.388 e. The number of nitro benzene ring substituents is 1. The van der Waals surface area contributed by atoms with Gasteiger partial charge in [-0.1, -0.05) is 0 Å². The summed E-state index contributed by atoms with van der Waals surface area (Å²) in [6.07, 6.45) is 0.512. The van der Waals surface area contributed by atoms with Crippen molar-refractivity contribution in [3.05, 3.63) is 31.6 Å². The summed E-state index contributed by atoms with van der Waals surface area (Å²) in [7, 11) is 0. The molecule has 1 unspecified atom stereocenters. The monoisotopic (exact) mass is 366 g/mol. The van der Waals surface area contributed by atoms with E-state index < -0.39 is 16.3 Å². The van der Waals surface area contributed by atoms with Crippen molar-refractivity contribution in [3.8, 4) is 0 Å². The summed E-state index contributed by atoms with van der Waals surface area (Å²) < 4.78 is 13.8. The highest BCUT2D eigenvalue weighted by atomic mass is 127. The highest BCUT2D eigenvalue weighted by Gasteiger charge is 2.34. The first-order chi connectivity index (χ1) is 8.30. The molecule has 1 fully saturated rings. The highest BCUT2D eigenvalue weighted by molar-refractivity contribution is 14.1. The van der Waals surface area contributed by atoms with Gasteiger partial charge in [-0.2, -0.15) is 0 Å². The second kappa shape index (κ2) is 4.61. The average Bonchev–Trinajstić information content (AvgIpc) is 2.62. The molecule has 0 radical (unpaired) electrons. The molecular formula is C11H12FIN2O3. The van der Waals surface area contributed by atoms with E-state index in [1.165, 1.54) is 12.1 Å². The van der Waals surface area contributed by atoms with Crippen LogP contribution in [0.2, 0.25) is 0 Å². The van der Waals surface area contributed by atoms with Crippen LogP contribution in [0.4, 0.5) is 15.8 Å². The van der Waals surface area contributed by atoms with Crippen LogP contribution in [0.25, 0.3) is 0 Å². The summed E-state index contributed by atoms with van der Waals surface area (Å²) in [4.78, 5) is 12.1. The van der Waals surface area contributed by atoms with Gasteiger partial charge < -0.3 is 10.0 Å². The Morgan fingerprint density at radius 2 is 2.28 bits per heavy atom. The molecular weight excluding hydrogens is 354 g/mol. The van der Waals surface area contributed by atoms with Crippen LogP contribution in [0.15, 0.2) is 12.1 Å². The van der Waals surface area contributed by atoms with Gasteiger partial charge in [0, 0.05) is 25.2 Å². The standard InChI is InChI=1S/C11H12FIN2O3/c1-11(16)2-3-14(6-11)9-4-7(12)8(13)5-10(9)15(17)18/h4-5,16H,2-3,6H2,1H3. The van der Waals surface area contributed by atoms with Crippen molar-refractivity contribution in [2.24, 2.45) is 0 Å². The molecule has 1 heterocycles. The number of β-amino-alcohol motifs (C(OH)–C–C–N with tert-alkyl or cyclic N) is 1. The van der Waals surface area contributed by atoms with Crippen molar-refractivity contribution in [1.29, 1.82) is 0 Å². The molecule has 0 aromatic heterocycles. The maximum Gasteiger partial charge on any atom is 0.293 e. The lowest BCUT2D eigenvalue weighted by Crippen LogP contribution is -2.30. The zero-order valence-corrected chi connectivity index (χ0v) is 11.8. The number of nitrogens with zero attached hydrogens (tertiary/aromatic N) is 2. The SMILES string of the molecule is CC1(O)CCN(c2cc(F)c(I)cc2[N+](=O)[O-])C1. The predicted octanol–water partition coefficient (Wildman–Crippen LogP) is 2.30. The van der Waals surface area contributed by atoms with Gasteiger partial charge in [0.25, 0.3) is 5.69 Å². The quantitative estimate of drug-likeness (QED) is 0.496. The largest absolute Gasteiger partial charge is 0.388 e. The van der Waals surface area contributed by atoms with Crippen LogP contribution in [0.1, 0.15) is 13.3 Å². The first-order valence-electron chi connectivity index (χ1n) is 5.41. The van der Waals surface area contributed by atoms with Crippen LogP contribution in [0.5, 0.6) is 0 Å². The fraction of sp³-hybridized carbons (Fsp3) is 0.455. The predicted molar refractivity (Wildman–Crippen MR) is 73.2 cm³/mol. The van der Waals surface area contributed by atoms with E-state index in [0.717, 1.165) is 0 Å². The van der Waals surface area contributed by atoms with Crippen LogP contribution >= 0.6 is 22.6 Å². The Labute approximate surface area is 117 Å². The Bertz CT molecular complexity index is 507. The van der Waals surface area contributed by atoms with Gasteiger partial charge in [-0.15, -0.1) is 0 Å². The van der Waals surface area contributed by atoms with Gasteiger partial charge in [-0.25, -0.2) is 4.39 Å². The lowest BCUT2D eigenvalue weighted by atomic mass is 10.1. The van der Waals surface area contributed by atoms with Crippen LogP contribution in [-0.4, -0.2) is 28.7 Å². The second-order valence-corrected chi connectivity index (χ2v) is 5.84. The Morgan fingerprint density at radius 3 is 2.78 bits per heavy atom. The lowest BCUT2D eigenvalue weighted by Gasteiger charge is -2.20. The molecule has 0 amide bonds. The van der Waals surface area contributed by atoms with Crippen molar-refractivity contribution >= 4 is 34.0 Å². The van der Waals surface area contributed by atoms with Gasteiger partial charge in [0.1, 0.15) is 11.5 Å². The summed E-state index contributed by atoms with van der Waals surface area (Å²) in [5.41, 5.74) is -0.776. The summed E-state index contributed by atoms with van der Waals surface area (Å²) in [6, 6.07) is 2.39. The Morgan fingerprint density at radius 1 is 1.61 bits per heavy atom. The molecule has 1 aliphatic heterocycles. The number of hydrogen-bond acceptors (Lipinski definition) is 4. The fourth-order valence-corrected chi connectivity index (χ4v) is 2.53. The maximum absolute atomic E-state index is 13.5. The van der Waals surface area contributed by atoms with E-state index in [2.05, 4.69) is 0 Å². The molecule has 0 saturated carbocycles. The third-order valence-corrected chi connectivity index (χ3v) is 3.83. The minimum absolute atomic E-state index is 0.126. The van der Waals surface area contributed by atoms with Crippen molar-refractivity contribution in [2.45, 2.75) is 18.9 Å². The number of hydrogen-bond donors (Lipinski definition) is 1. The number of anilines is 1. The zero-order valence-electron chi connectivity index (χ0n) is 9.69. The zero-order chi connectivity index (χ0) is 13.5. The van der Waals surface area contributed by atoms with Gasteiger partial charge in [0.05, 0.1) is 14.1 Å². The molecule has 1 N–H and O–H groups in total. The molecule has 1 atom stereocenters. The van der Waals surface area contributed by atoms with E-state index in [1.54, 1.807) is 34.4 Å². The summed E-state index contributed by atoms with van der Waals surface area (Å²) >= 11 is 1.72. The van der Waals surface area contributed by atoms with Gasteiger partial charge in [0.2, 0.25) is 0 Å². The first-order valence-corrected chi connectivity index (χ1v) is 6.49. The summed E-state index contributed by atoms with van der Waals surface area (Å²) in [5, 5.41) is 20.9. The van der Waals surface area contributed by atoms with Crippen molar-refractivity contribution < 1.29 is 14.4 Å². The molecule has 98 valence electrons. The van der Waals surface area contributed by atoms with E-state index in [9.17, 15) is 19.6 Å². The second-order valence-electron chi connectivity index (χ2n) is 4.68. The van der Waals surface area contributed by atoms with Crippen LogP contribution in [-0.2, 0) is 0 Å². The van der Waals surface area contributed by atoms with Gasteiger partial charge >= 0.3 is 0 Å². The Hall–Kier alpha value is -0.960. The van der Waals surface area contributed by atoms with Gasteiger partial charge in [-0.3, -0.25) is 10.1 Å². The molecule has 18 heavy (non-hydrogen) atoms. The topological polar surface area (TPSA) is 66.6 Å². The summed E-state index contributed by atoms with van der Waals surface area (Å²) in [5.74, 6) is -0.484.